The summed E-state index contributed by atoms with van der Waals surface area (Å²) in [5.41, 5.74) is 0.252. The lowest BCUT2D eigenvalue weighted by atomic mass is 9.45. The smallest absolute Gasteiger partial charge is 0.313 e. The Bertz CT molecular complexity index is 541. The highest BCUT2D eigenvalue weighted by Crippen LogP contribution is 2.63. The third-order valence-electron chi connectivity index (χ3n) is 7.29. The Morgan fingerprint density at radius 2 is 1.96 bits per heavy atom. The number of carboxylic acids is 1. The fourth-order valence-electron chi connectivity index (χ4n) is 6.13. The molecule has 3 aliphatic carbocycles. The molecule has 4 nitrogen and oxygen atoms in total. The molecule has 130 valence electrons. The molecule has 0 aromatic rings. The van der Waals surface area contributed by atoms with Crippen molar-refractivity contribution in [3.05, 3.63) is 11.6 Å². The van der Waals surface area contributed by atoms with E-state index in [2.05, 4.69) is 13.8 Å². The zero-order chi connectivity index (χ0) is 17.0. The second kappa shape index (κ2) is 5.32. The second-order valence-corrected chi connectivity index (χ2v) is 9.00. The molecular formula is C19H30O4. The minimum absolute atomic E-state index is 0.0426. The molecule has 4 heteroatoms. The Balaban J connectivity index is 1.99. The van der Waals surface area contributed by atoms with E-state index >= 15 is 0 Å². The van der Waals surface area contributed by atoms with Crippen LogP contribution in [0.2, 0.25) is 0 Å². The van der Waals surface area contributed by atoms with Gasteiger partial charge in [0.05, 0.1) is 11.5 Å². The topological polar surface area (TPSA) is 77.8 Å². The third-order valence-corrected chi connectivity index (χ3v) is 7.29. The Morgan fingerprint density at radius 3 is 2.57 bits per heavy atom. The van der Waals surface area contributed by atoms with Gasteiger partial charge in [-0.25, -0.2) is 0 Å². The van der Waals surface area contributed by atoms with E-state index in [0.29, 0.717) is 24.7 Å². The highest BCUT2D eigenvalue weighted by Gasteiger charge is 2.58. The molecule has 0 saturated heterocycles. The highest BCUT2D eigenvalue weighted by atomic mass is 16.4. The predicted octanol–water partition coefficient (Wildman–Crippen LogP) is 2.98. The standard InChI is InChI=1S/C19H30O4/c1-17(16(22)23)7-6-14-12(8-17)4-5-15-18(2,11-20)9-13(21)10-19(14,15)3/h8,13-15,20-21H,4-7,9-11H2,1-3H3,(H,22,23)/t13-,14-,15-,17+,18+,19+/m1/s1. The third kappa shape index (κ3) is 2.45. The number of aliphatic carboxylic acids is 1. The summed E-state index contributed by atoms with van der Waals surface area (Å²) in [6, 6.07) is 0. The first-order chi connectivity index (χ1) is 10.6. The Labute approximate surface area is 138 Å². The SMILES string of the molecule is C[C@@]1(CO)C[C@@H](O)C[C@@]2(C)[C@@H]3CC[C@](C)(C(=O)O)C=C3CC[C@H]12. The number of aliphatic hydroxyl groups is 2. The maximum absolute atomic E-state index is 11.6. The van der Waals surface area contributed by atoms with Gasteiger partial charge in [0.1, 0.15) is 0 Å². The monoisotopic (exact) mass is 322 g/mol. The molecule has 3 N–H and O–H groups in total. The van der Waals surface area contributed by atoms with Gasteiger partial charge in [0.15, 0.2) is 0 Å². The first-order valence-corrected chi connectivity index (χ1v) is 8.88. The van der Waals surface area contributed by atoms with Crippen molar-refractivity contribution in [2.24, 2.45) is 28.1 Å². The van der Waals surface area contributed by atoms with E-state index in [9.17, 15) is 20.1 Å². The molecule has 3 aliphatic rings. The van der Waals surface area contributed by atoms with Crippen LogP contribution in [0.25, 0.3) is 0 Å². The minimum Gasteiger partial charge on any atom is -0.481 e. The predicted molar refractivity (Wildman–Crippen MR) is 87.8 cm³/mol. The van der Waals surface area contributed by atoms with Crippen LogP contribution in [0.3, 0.4) is 0 Å². The molecule has 0 amide bonds. The Kier molecular flexibility index (Phi) is 3.92. The molecule has 0 unspecified atom stereocenters. The lowest BCUT2D eigenvalue weighted by Crippen LogP contribution is -2.56. The molecule has 23 heavy (non-hydrogen) atoms. The van der Waals surface area contributed by atoms with E-state index in [1.54, 1.807) is 0 Å². The van der Waals surface area contributed by atoms with Gasteiger partial charge in [-0.15, -0.1) is 0 Å². The number of fused-ring (bicyclic) bond motifs is 3. The quantitative estimate of drug-likeness (QED) is 0.683. The van der Waals surface area contributed by atoms with Gasteiger partial charge in [0, 0.05) is 6.61 Å². The Hall–Kier alpha value is -0.870. The van der Waals surface area contributed by atoms with Crippen LogP contribution in [0, 0.1) is 28.1 Å². The number of carbonyl (C=O) groups is 1. The van der Waals surface area contributed by atoms with Crippen molar-refractivity contribution in [3.8, 4) is 0 Å². The van der Waals surface area contributed by atoms with Crippen molar-refractivity contribution in [3.63, 3.8) is 0 Å². The van der Waals surface area contributed by atoms with E-state index in [1.165, 1.54) is 5.57 Å². The van der Waals surface area contributed by atoms with Gasteiger partial charge in [-0.2, -0.15) is 0 Å². The Morgan fingerprint density at radius 1 is 1.26 bits per heavy atom. The number of carboxylic acid groups (broad SMARTS) is 1. The largest absolute Gasteiger partial charge is 0.481 e. The molecule has 2 saturated carbocycles. The van der Waals surface area contributed by atoms with Crippen LogP contribution in [0.15, 0.2) is 11.6 Å². The molecule has 0 aromatic heterocycles. The van der Waals surface area contributed by atoms with Gasteiger partial charge in [0.25, 0.3) is 0 Å². The highest BCUT2D eigenvalue weighted by molar-refractivity contribution is 5.77. The van der Waals surface area contributed by atoms with E-state index in [0.717, 1.165) is 25.7 Å². The maximum Gasteiger partial charge on any atom is 0.313 e. The van der Waals surface area contributed by atoms with Crippen molar-refractivity contribution in [1.82, 2.24) is 0 Å². The van der Waals surface area contributed by atoms with E-state index in [1.807, 2.05) is 13.0 Å². The molecule has 0 bridgehead atoms. The van der Waals surface area contributed by atoms with Crippen molar-refractivity contribution >= 4 is 5.97 Å². The molecule has 0 spiro atoms. The number of hydrogen-bond donors (Lipinski definition) is 3. The van der Waals surface area contributed by atoms with Crippen molar-refractivity contribution in [1.29, 1.82) is 0 Å². The van der Waals surface area contributed by atoms with Crippen LogP contribution in [-0.4, -0.2) is 34.0 Å². The normalized spacial score (nSPS) is 49.8. The minimum atomic E-state index is -0.747. The molecule has 3 rings (SSSR count). The van der Waals surface area contributed by atoms with Crippen LogP contribution in [0.5, 0.6) is 0 Å². The van der Waals surface area contributed by atoms with E-state index < -0.39 is 11.4 Å². The van der Waals surface area contributed by atoms with Crippen LogP contribution in [0.4, 0.5) is 0 Å². The number of allylic oxidation sites excluding steroid dienone is 1. The van der Waals surface area contributed by atoms with Gasteiger partial charge in [-0.05, 0) is 68.1 Å². The fraction of sp³-hybridized carbons (Fsp3) is 0.842. The number of rotatable bonds is 2. The summed E-state index contributed by atoms with van der Waals surface area (Å²) >= 11 is 0. The van der Waals surface area contributed by atoms with Crippen LogP contribution >= 0.6 is 0 Å². The molecule has 0 radical (unpaired) electrons. The lowest BCUT2D eigenvalue weighted by molar-refractivity contribution is -0.149. The number of hydrogen-bond acceptors (Lipinski definition) is 3. The van der Waals surface area contributed by atoms with E-state index in [4.69, 9.17) is 0 Å². The van der Waals surface area contributed by atoms with Crippen LogP contribution in [0.1, 0.15) is 59.3 Å². The average molecular weight is 322 g/mol. The zero-order valence-electron chi connectivity index (χ0n) is 14.5. The summed E-state index contributed by atoms with van der Waals surface area (Å²) in [6.07, 6.45) is 6.50. The zero-order valence-corrected chi connectivity index (χ0v) is 14.5. The van der Waals surface area contributed by atoms with Crippen molar-refractivity contribution in [2.75, 3.05) is 6.61 Å². The first-order valence-electron chi connectivity index (χ1n) is 8.88. The number of aliphatic hydroxyl groups excluding tert-OH is 2. The lowest BCUT2D eigenvalue weighted by Gasteiger charge is -2.60. The molecular weight excluding hydrogens is 292 g/mol. The molecule has 0 heterocycles. The molecule has 0 aliphatic heterocycles. The molecule has 0 aromatic carbocycles. The fourth-order valence-corrected chi connectivity index (χ4v) is 6.13. The summed E-state index contributed by atoms with van der Waals surface area (Å²) in [5, 5.41) is 29.9. The van der Waals surface area contributed by atoms with Gasteiger partial charge < -0.3 is 15.3 Å². The summed E-state index contributed by atoms with van der Waals surface area (Å²) in [5.74, 6) is -0.00571. The van der Waals surface area contributed by atoms with Gasteiger partial charge in [0.2, 0.25) is 0 Å². The summed E-state index contributed by atoms with van der Waals surface area (Å²) in [7, 11) is 0. The van der Waals surface area contributed by atoms with Crippen LogP contribution in [-0.2, 0) is 4.79 Å². The van der Waals surface area contributed by atoms with Crippen molar-refractivity contribution < 1.29 is 20.1 Å². The maximum atomic E-state index is 11.6. The van der Waals surface area contributed by atoms with Gasteiger partial charge >= 0.3 is 5.97 Å². The molecule has 2 fully saturated rings. The van der Waals surface area contributed by atoms with Crippen molar-refractivity contribution in [2.45, 2.75) is 65.4 Å². The van der Waals surface area contributed by atoms with Crippen LogP contribution < -0.4 is 0 Å². The van der Waals surface area contributed by atoms with Gasteiger partial charge in [-0.1, -0.05) is 25.5 Å². The molecule has 6 atom stereocenters. The summed E-state index contributed by atoms with van der Waals surface area (Å²) in [4.78, 5) is 11.6. The second-order valence-electron chi connectivity index (χ2n) is 9.00. The summed E-state index contributed by atoms with van der Waals surface area (Å²) < 4.78 is 0. The average Bonchev–Trinajstić information content (AvgIpc) is 2.45. The van der Waals surface area contributed by atoms with E-state index in [-0.39, 0.29) is 23.5 Å². The summed E-state index contributed by atoms with van der Waals surface area (Å²) in [6.45, 7) is 6.30. The first kappa shape index (κ1) is 17.0. The van der Waals surface area contributed by atoms with Gasteiger partial charge in [-0.3, -0.25) is 4.79 Å².